The molecule has 0 aromatic carbocycles. The van der Waals surface area contributed by atoms with Gasteiger partial charge in [0.1, 0.15) is 5.01 Å². The Morgan fingerprint density at radius 1 is 1.48 bits per heavy atom. The van der Waals surface area contributed by atoms with E-state index in [1.807, 2.05) is 23.8 Å². The van der Waals surface area contributed by atoms with Crippen LogP contribution < -0.4 is 5.32 Å². The number of hydrogen-bond donors (Lipinski definition) is 2. The summed E-state index contributed by atoms with van der Waals surface area (Å²) in [6.45, 7) is 5.96. The third kappa shape index (κ3) is 4.48. The molecule has 0 aliphatic heterocycles. The van der Waals surface area contributed by atoms with Gasteiger partial charge in [0.15, 0.2) is 0 Å². The molecular weight excluding hydrogens is 308 g/mol. The number of carbonyl (C=O) groups excluding carboxylic acids is 1. The standard InChI is InChI=1S/C13H18N4O2S2/c1-4-17(8-13(2,3)19)12(18)14-11-16-15-10(21-11)9-5-6-20-7-9/h5-7,19H,4,8H2,1-3H3,(H,14,16,18). The van der Waals surface area contributed by atoms with Crippen LogP contribution in [-0.2, 0) is 0 Å². The summed E-state index contributed by atoms with van der Waals surface area (Å²) in [7, 11) is 0. The minimum absolute atomic E-state index is 0.255. The fourth-order valence-corrected chi connectivity index (χ4v) is 3.19. The van der Waals surface area contributed by atoms with E-state index < -0.39 is 5.60 Å². The molecule has 0 atom stereocenters. The predicted molar refractivity (Wildman–Crippen MR) is 85.8 cm³/mol. The summed E-state index contributed by atoms with van der Waals surface area (Å²) in [4.78, 5) is 13.7. The molecule has 0 saturated heterocycles. The van der Waals surface area contributed by atoms with E-state index in [1.54, 1.807) is 25.2 Å². The van der Waals surface area contributed by atoms with Gasteiger partial charge in [0, 0.05) is 17.5 Å². The SMILES string of the molecule is CCN(CC(C)(C)O)C(=O)Nc1nnc(-c2ccsc2)s1. The Kier molecular flexibility index (Phi) is 4.92. The maximum absolute atomic E-state index is 12.2. The largest absolute Gasteiger partial charge is 0.389 e. The van der Waals surface area contributed by atoms with Crippen LogP contribution in [0.25, 0.3) is 10.6 Å². The van der Waals surface area contributed by atoms with E-state index in [2.05, 4.69) is 15.5 Å². The van der Waals surface area contributed by atoms with Crippen LogP contribution >= 0.6 is 22.7 Å². The lowest BCUT2D eigenvalue weighted by Crippen LogP contribution is -2.44. The Morgan fingerprint density at radius 2 is 2.24 bits per heavy atom. The van der Waals surface area contributed by atoms with Gasteiger partial charge in [-0.1, -0.05) is 11.3 Å². The molecule has 0 saturated carbocycles. The van der Waals surface area contributed by atoms with Crippen molar-refractivity contribution in [2.24, 2.45) is 0 Å². The van der Waals surface area contributed by atoms with Crippen molar-refractivity contribution in [1.82, 2.24) is 15.1 Å². The quantitative estimate of drug-likeness (QED) is 0.885. The van der Waals surface area contributed by atoms with Gasteiger partial charge in [-0.2, -0.15) is 11.3 Å². The van der Waals surface area contributed by atoms with Crippen LogP contribution in [0.5, 0.6) is 0 Å². The Balaban J connectivity index is 2.02. The molecule has 0 bridgehead atoms. The Hall–Kier alpha value is -1.51. The Bertz CT molecular complexity index is 590. The van der Waals surface area contributed by atoms with Crippen LogP contribution in [-0.4, -0.2) is 44.9 Å². The van der Waals surface area contributed by atoms with Gasteiger partial charge in [0.2, 0.25) is 5.13 Å². The number of anilines is 1. The van der Waals surface area contributed by atoms with Crippen LogP contribution in [0.3, 0.4) is 0 Å². The van der Waals surface area contributed by atoms with Crippen molar-refractivity contribution in [2.75, 3.05) is 18.4 Å². The zero-order valence-corrected chi connectivity index (χ0v) is 13.8. The lowest BCUT2D eigenvalue weighted by atomic mass is 10.1. The van der Waals surface area contributed by atoms with Gasteiger partial charge < -0.3 is 10.0 Å². The summed E-state index contributed by atoms with van der Waals surface area (Å²) < 4.78 is 0. The molecule has 0 unspecified atom stereocenters. The number of aromatic nitrogens is 2. The van der Waals surface area contributed by atoms with Gasteiger partial charge >= 0.3 is 6.03 Å². The lowest BCUT2D eigenvalue weighted by molar-refractivity contribution is 0.0501. The van der Waals surface area contributed by atoms with E-state index >= 15 is 0 Å². The van der Waals surface area contributed by atoms with Crippen LogP contribution in [0.15, 0.2) is 16.8 Å². The maximum atomic E-state index is 12.2. The Morgan fingerprint density at radius 3 is 2.81 bits per heavy atom. The fourth-order valence-electron chi connectivity index (χ4n) is 1.74. The number of amides is 2. The molecule has 0 aliphatic rings. The summed E-state index contributed by atoms with van der Waals surface area (Å²) in [5.74, 6) is 0. The zero-order chi connectivity index (χ0) is 15.5. The summed E-state index contributed by atoms with van der Waals surface area (Å²) in [6.07, 6.45) is 0. The van der Waals surface area contributed by atoms with E-state index in [9.17, 15) is 9.90 Å². The molecular formula is C13H18N4O2S2. The Labute approximate surface area is 131 Å². The highest BCUT2D eigenvalue weighted by Crippen LogP contribution is 2.27. The molecule has 2 N–H and O–H groups in total. The van der Waals surface area contributed by atoms with Crippen molar-refractivity contribution in [2.45, 2.75) is 26.4 Å². The van der Waals surface area contributed by atoms with E-state index in [0.717, 1.165) is 10.6 Å². The van der Waals surface area contributed by atoms with Gasteiger partial charge in [-0.15, -0.1) is 10.2 Å². The average Bonchev–Trinajstić information content (AvgIpc) is 3.04. The molecule has 21 heavy (non-hydrogen) atoms. The third-order valence-electron chi connectivity index (χ3n) is 2.65. The van der Waals surface area contributed by atoms with Crippen LogP contribution in [0.1, 0.15) is 20.8 Å². The summed E-state index contributed by atoms with van der Waals surface area (Å²) in [6, 6.07) is 1.68. The van der Waals surface area contributed by atoms with Crippen LogP contribution in [0.2, 0.25) is 0 Å². The van der Waals surface area contributed by atoms with Crippen LogP contribution in [0, 0.1) is 0 Å². The second-order valence-electron chi connectivity index (χ2n) is 5.18. The molecule has 2 amide bonds. The van der Waals surface area contributed by atoms with Gasteiger partial charge in [0.05, 0.1) is 12.1 Å². The molecule has 0 fully saturated rings. The zero-order valence-electron chi connectivity index (χ0n) is 12.2. The van der Waals surface area contributed by atoms with Gasteiger partial charge in [-0.25, -0.2) is 4.79 Å². The van der Waals surface area contributed by atoms with Crippen molar-refractivity contribution in [3.63, 3.8) is 0 Å². The fraction of sp³-hybridized carbons (Fsp3) is 0.462. The maximum Gasteiger partial charge on any atom is 0.323 e. The molecule has 2 heterocycles. The number of urea groups is 1. The first-order chi connectivity index (χ1) is 9.89. The number of thiophene rings is 1. The van der Waals surface area contributed by atoms with E-state index in [4.69, 9.17) is 0 Å². The first kappa shape index (κ1) is 15.9. The summed E-state index contributed by atoms with van der Waals surface area (Å²) in [5.41, 5.74) is 0.0675. The van der Waals surface area contributed by atoms with Crippen LogP contribution in [0.4, 0.5) is 9.93 Å². The summed E-state index contributed by atoms with van der Waals surface area (Å²) in [5, 5.41) is 25.8. The number of likely N-dealkylation sites (N-methyl/N-ethyl adjacent to an activating group) is 1. The minimum atomic E-state index is -0.934. The number of nitrogens with one attached hydrogen (secondary N) is 1. The van der Waals surface area contributed by atoms with E-state index in [1.165, 1.54) is 16.2 Å². The number of hydrogen-bond acceptors (Lipinski definition) is 6. The molecule has 0 radical (unpaired) electrons. The lowest BCUT2D eigenvalue weighted by Gasteiger charge is -2.27. The first-order valence-corrected chi connectivity index (χ1v) is 8.29. The monoisotopic (exact) mass is 326 g/mol. The number of rotatable bonds is 5. The number of carbonyl (C=O) groups is 1. The van der Waals surface area contributed by atoms with Crippen molar-refractivity contribution in [3.05, 3.63) is 16.8 Å². The normalized spacial score (nSPS) is 11.4. The summed E-state index contributed by atoms with van der Waals surface area (Å²) >= 11 is 2.92. The van der Waals surface area contributed by atoms with Crippen molar-refractivity contribution in [3.8, 4) is 10.6 Å². The van der Waals surface area contributed by atoms with Gasteiger partial charge in [-0.05, 0) is 32.2 Å². The molecule has 114 valence electrons. The number of aliphatic hydroxyl groups is 1. The highest BCUT2D eigenvalue weighted by Gasteiger charge is 2.22. The molecule has 6 nitrogen and oxygen atoms in total. The molecule has 2 aromatic heterocycles. The second kappa shape index (κ2) is 6.50. The van der Waals surface area contributed by atoms with E-state index in [-0.39, 0.29) is 12.6 Å². The smallest absolute Gasteiger partial charge is 0.323 e. The van der Waals surface area contributed by atoms with Crippen molar-refractivity contribution in [1.29, 1.82) is 0 Å². The van der Waals surface area contributed by atoms with E-state index in [0.29, 0.717) is 11.7 Å². The first-order valence-electron chi connectivity index (χ1n) is 6.53. The molecule has 2 rings (SSSR count). The molecule has 0 aliphatic carbocycles. The number of nitrogens with zero attached hydrogens (tertiary/aromatic N) is 3. The van der Waals surface area contributed by atoms with Gasteiger partial charge in [-0.3, -0.25) is 5.32 Å². The second-order valence-corrected chi connectivity index (χ2v) is 6.94. The molecule has 2 aromatic rings. The average molecular weight is 326 g/mol. The molecule has 0 spiro atoms. The minimum Gasteiger partial charge on any atom is -0.389 e. The molecule has 8 heteroatoms. The third-order valence-corrected chi connectivity index (χ3v) is 4.22. The highest BCUT2D eigenvalue weighted by molar-refractivity contribution is 7.19. The van der Waals surface area contributed by atoms with Gasteiger partial charge in [0.25, 0.3) is 0 Å². The van der Waals surface area contributed by atoms with Crippen molar-refractivity contribution < 1.29 is 9.90 Å². The predicted octanol–water partition coefficient (Wildman–Crippen LogP) is 2.89. The topological polar surface area (TPSA) is 78.4 Å². The van der Waals surface area contributed by atoms with Crippen molar-refractivity contribution >= 4 is 33.8 Å². The highest BCUT2D eigenvalue weighted by atomic mass is 32.1.